The number of hydrogen-bond donors (Lipinski definition) is 2. The molecule has 10 heteroatoms. The van der Waals surface area contributed by atoms with Crippen LogP contribution >= 0.6 is 58.4 Å². The highest BCUT2D eigenvalue weighted by molar-refractivity contribution is 7.80. The fourth-order valence-corrected chi connectivity index (χ4v) is 5.52. The van der Waals surface area contributed by atoms with Gasteiger partial charge in [-0.15, -0.1) is 11.3 Å². The van der Waals surface area contributed by atoms with Gasteiger partial charge in [-0.05, 0) is 67.2 Å². The first kappa shape index (κ1) is 23.1. The van der Waals surface area contributed by atoms with Gasteiger partial charge < -0.3 is 9.73 Å². The van der Waals surface area contributed by atoms with Crippen molar-refractivity contribution in [2.75, 3.05) is 5.32 Å². The number of aromatic nitrogens is 1. The lowest BCUT2D eigenvalue weighted by Crippen LogP contribution is -2.33. The largest absolute Gasteiger partial charge is 0.436 e. The van der Waals surface area contributed by atoms with Crippen molar-refractivity contribution in [3.05, 3.63) is 80.1 Å². The van der Waals surface area contributed by atoms with Crippen LogP contribution in [0, 0.1) is 6.92 Å². The van der Waals surface area contributed by atoms with E-state index in [0.717, 1.165) is 21.2 Å². The molecule has 5 rings (SSSR count). The van der Waals surface area contributed by atoms with Crippen LogP contribution in [0.5, 0.6) is 0 Å². The fourth-order valence-electron chi connectivity index (χ4n) is 3.42. The minimum atomic E-state index is -0.414. The van der Waals surface area contributed by atoms with Crippen LogP contribution in [0.25, 0.3) is 32.6 Å². The van der Waals surface area contributed by atoms with Crippen molar-refractivity contribution in [2.45, 2.75) is 6.92 Å². The Morgan fingerprint density at radius 3 is 2.71 bits per heavy atom. The lowest BCUT2D eigenvalue weighted by Gasteiger charge is -2.10. The molecule has 0 aliphatic heterocycles. The second-order valence-electron chi connectivity index (χ2n) is 7.48. The van der Waals surface area contributed by atoms with Crippen LogP contribution in [0.3, 0.4) is 0 Å². The van der Waals surface area contributed by atoms with Crippen LogP contribution in [0.1, 0.15) is 15.2 Å². The number of nitrogens with one attached hydrogen (secondary N) is 2. The molecule has 5 aromatic rings. The van der Waals surface area contributed by atoms with Crippen LogP contribution in [-0.4, -0.2) is 16.0 Å². The number of oxazole rings is 1. The van der Waals surface area contributed by atoms with Crippen molar-refractivity contribution in [1.29, 1.82) is 0 Å². The molecular weight excluding hydrogens is 533 g/mol. The number of thiophene rings is 1. The average Bonchev–Trinajstić information content (AvgIpc) is 3.35. The van der Waals surface area contributed by atoms with Crippen molar-refractivity contribution in [2.24, 2.45) is 0 Å². The van der Waals surface area contributed by atoms with Crippen LogP contribution in [0.15, 0.2) is 59.0 Å². The van der Waals surface area contributed by atoms with E-state index in [1.807, 2.05) is 25.1 Å². The van der Waals surface area contributed by atoms with Gasteiger partial charge in [0.15, 0.2) is 10.7 Å². The van der Waals surface area contributed by atoms with E-state index >= 15 is 0 Å². The summed E-state index contributed by atoms with van der Waals surface area (Å²) in [4.78, 5) is 17.7. The molecule has 5 nitrogen and oxygen atoms in total. The third-order valence-corrected chi connectivity index (χ3v) is 7.45. The van der Waals surface area contributed by atoms with Crippen molar-refractivity contribution in [3.8, 4) is 11.5 Å². The molecule has 0 saturated carbocycles. The van der Waals surface area contributed by atoms with Gasteiger partial charge in [-0.25, -0.2) is 4.98 Å². The summed E-state index contributed by atoms with van der Waals surface area (Å²) < 4.78 is 6.72. The number of rotatable bonds is 3. The van der Waals surface area contributed by atoms with E-state index in [1.165, 1.54) is 11.3 Å². The minimum Gasteiger partial charge on any atom is -0.436 e. The van der Waals surface area contributed by atoms with Gasteiger partial charge in [0, 0.05) is 20.8 Å². The number of amides is 1. The van der Waals surface area contributed by atoms with E-state index < -0.39 is 5.91 Å². The molecule has 3 aromatic carbocycles. The van der Waals surface area contributed by atoms with Crippen LogP contribution < -0.4 is 10.6 Å². The van der Waals surface area contributed by atoms with Gasteiger partial charge in [0.1, 0.15) is 10.4 Å². The molecule has 0 aliphatic rings. The third-order valence-electron chi connectivity index (χ3n) is 5.02. The van der Waals surface area contributed by atoms with E-state index in [1.54, 1.807) is 36.4 Å². The van der Waals surface area contributed by atoms with Gasteiger partial charge in [0.2, 0.25) is 5.89 Å². The molecule has 34 heavy (non-hydrogen) atoms. The maximum atomic E-state index is 12.8. The number of halogens is 3. The topological polar surface area (TPSA) is 67.2 Å². The highest BCUT2D eigenvalue weighted by atomic mass is 35.5. The monoisotopic (exact) mass is 545 g/mol. The molecule has 0 saturated heterocycles. The maximum absolute atomic E-state index is 12.8. The first-order valence-corrected chi connectivity index (χ1v) is 12.3. The second kappa shape index (κ2) is 9.17. The van der Waals surface area contributed by atoms with Crippen molar-refractivity contribution in [3.63, 3.8) is 0 Å². The average molecular weight is 547 g/mol. The highest BCUT2D eigenvalue weighted by Crippen LogP contribution is 2.37. The van der Waals surface area contributed by atoms with Crippen molar-refractivity contribution < 1.29 is 9.21 Å². The van der Waals surface area contributed by atoms with Crippen LogP contribution in [-0.2, 0) is 0 Å². The Balaban J connectivity index is 1.36. The highest BCUT2D eigenvalue weighted by Gasteiger charge is 2.19. The van der Waals surface area contributed by atoms with Crippen molar-refractivity contribution in [1.82, 2.24) is 10.3 Å². The maximum Gasteiger partial charge on any atom is 0.269 e. The molecule has 0 fully saturated rings. The third kappa shape index (κ3) is 4.50. The molecule has 0 spiro atoms. The van der Waals surface area contributed by atoms with E-state index in [9.17, 15) is 4.79 Å². The Morgan fingerprint density at radius 1 is 1.06 bits per heavy atom. The number of fused-ring (bicyclic) bond motifs is 2. The van der Waals surface area contributed by atoms with Gasteiger partial charge in [0.05, 0.1) is 15.6 Å². The molecule has 0 aliphatic carbocycles. The Bertz CT molecular complexity index is 1610. The number of thiocarbonyl (C=S) groups is 1. The Labute approximate surface area is 218 Å². The van der Waals surface area contributed by atoms with Gasteiger partial charge in [-0.3, -0.25) is 10.1 Å². The van der Waals surface area contributed by atoms with Gasteiger partial charge >= 0.3 is 0 Å². The number of aryl methyl sites for hydroxylation is 1. The summed E-state index contributed by atoms with van der Waals surface area (Å²) in [7, 11) is 0. The van der Waals surface area contributed by atoms with Gasteiger partial charge in [-0.1, -0.05) is 46.9 Å². The molecule has 0 radical (unpaired) electrons. The summed E-state index contributed by atoms with van der Waals surface area (Å²) in [6, 6.07) is 16.3. The second-order valence-corrected chi connectivity index (χ2v) is 10.2. The Hall–Kier alpha value is -2.68. The summed E-state index contributed by atoms with van der Waals surface area (Å²) in [6.45, 7) is 1.98. The first-order chi connectivity index (χ1) is 16.3. The summed E-state index contributed by atoms with van der Waals surface area (Å²) in [6.07, 6.45) is 0. The van der Waals surface area contributed by atoms with E-state index in [2.05, 4.69) is 15.6 Å². The summed E-state index contributed by atoms with van der Waals surface area (Å²) in [5.74, 6) is -0.0248. The molecule has 2 aromatic heterocycles. The zero-order valence-corrected chi connectivity index (χ0v) is 21.3. The molecule has 0 unspecified atom stereocenters. The van der Waals surface area contributed by atoms with E-state index in [4.69, 9.17) is 51.4 Å². The molecule has 170 valence electrons. The van der Waals surface area contributed by atoms with Crippen LogP contribution in [0.4, 0.5) is 5.69 Å². The number of anilines is 1. The Morgan fingerprint density at radius 2 is 1.88 bits per heavy atom. The number of carbonyl (C=O) groups is 1. The predicted molar refractivity (Wildman–Crippen MR) is 145 cm³/mol. The summed E-state index contributed by atoms with van der Waals surface area (Å²) in [5.41, 5.74) is 3.68. The molecule has 0 bridgehead atoms. The predicted octanol–water partition coefficient (Wildman–Crippen LogP) is 8.10. The van der Waals surface area contributed by atoms with Crippen molar-refractivity contribution >= 4 is 96.3 Å². The molecule has 1 amide bonds. The lowest BCUT2D eigenvalue weighted by atomic mass is 10.2. The molecular formula is C24H14Cl3N3O2S2. The lowest BCUT2D eigenvalue weighted by molar-refractivity contribution is 0.0982. The number of benzene rings is 3. The van der Waals surface area contributed by atoms with Gasteiger partial charge in [0.25, 0.3) is 5.91 Å². The summed E-state index contributed by atoms with van der Waals surface area (Å²) in [5, 5.41) is 7.93. The summed E-state index contributed by atoms with van der Waals surface area (Å²) >= 11 is 25.4. The van der Waals surface area contributed by atoms with Gasteiger partial charge in [-0.2, -0.15) is 0 Å². The standard InChI is InChI=1S/C24H14Cl3N3O2S2/c1-11-2-7-17-18(8-11)32-23(29-17)15-10-13(4-6-16(15)26)28-24(33)30-22(31)21-20(27)14-5-3-12(25)9-19(14)34-21/h2-10H,1H3,(H2,28,30,31,33). The molecule has 0 atom stereocenters. The molecule has 2 heterocycles. The zero-order chi connectivity index (χ0) is 24.0. The number of carbonyl (C=O) groups excluding carboxylic acids is 1. The quantitative estimate of drug-likeness (QED) is 0.224. The smallest absolute Gasteiger partial charge is 0.269 e. The zero-order valence-electron chi connectivity index (χ0n) is 17.4. The normalized spacial score (nSPS) is 11.2. The minimum absolute atomic E-state index is 0.109. The first-order valence-electron chi connectivity index (χ1n) is 9.95. The SMILES string of the molecule is Cc1ccc2nc(-c3cc(NC(=S)NC(=O)c4sc5cc(Cl)ccc5c4Cl)ccc3Cl)oc2c1. The molecule has 2 N–H and O–H groups in total. The Kier molecular flexibility index (Phi) is 6.22. The van der Waals surface area contributed by atoms with E-state index in [-0.39, 0.29) is 5.11 Å². The number of nitrogens with zero attached hydrogens (tertiary/aromatic N) is 1. The van der Waals surface area contributed by atoms with E-state index in [0.29, 0.717) is 42.7 Å². The fraction of sp³-hybridized carbons (Fsp3) is 0.0417. The van der Waals surface area contributed by atoms with Crippen LogP contribution in [0.2, 0.25) is 15.1 Å². The number of hydrogen-bond acceptors (Lipinski definition) is 5.